The van der Waals surface area contributed by atoms with Crippen molar-refractivity contribution < 1.29 is 0 Å². The summed E-state index contributed by atoms with van der Waals surface area (Å²) in [7, 11) is 0. The number of aromatic nitrogens is 2. The number of rotatable bonds is 5. The number of benzene rings is 9. The van der Waals surface area contributed by atoms with E-state index in [0.29, 0.717) is 0 Å². The first-order chi connectivity index (χ1) is 29.0. The zero-order valence-corrected chi connectivity index (χ0v) is 33.0. The van der Waals surface area contributed by atoms with Crippen LogP contribution in [0.15, 0.2) is 206 Å². The van der Waals surface area contributed by atoms with Crippen molar-refractivity contribution in [2.45, 2.75) is 19.3 Å². The van der Waals surface area contributed by atoms with E-state index in [2.05, 4.69) is 229 Å². The van der Waals surface area contributed by atoms with Gasteiger partial charge in [0.05, 0.1) is 22.1 Å². The highest BCUT2D eigenvalue weighted by molar-refractivity contribution is 6.14. The standard InChI is InChI=1S/C57H40N2/c1-57(2)51-22-11-9-20-45(51)47-35-50-49-34-42(27-31-55(49)58(56(50)36-52(47)57)43-28-24-39(25-29-43)37-14-5-3-6-15-37)41-26-30-54-48(33-41)46-21-10-12-23-53(46)59(54)44-19-13-18-40(32-44)38-16-7-4-8-17-38/h3-36H,1-2H3. The SMILES string of the molecule is CC1(C)c2ccccc2-c2cc3c4cc(-c5ccc6c(c5)c5ccccc5n6-c5cccc(-c6ccccc6)c5)ccc4n(-c4ccc(-c5ccccc5)cc4)c3cc21. The summed E-state index contributed by atoms with van der Waals surface area (Å²) in [5.41, 5.74) is 19.8. The van der Waals surface area contributed by atoms with Crippen LogP contribution in [-0.4, -0.2) is 9.13 Å². The average Bonchev–Trinajstić information content (AvgIpc) is 3.88. The predicted octanol–water partition coefficient (Wildman–Crippen LogP) is 15.2. The van der Waals surface area contributed by atoms with Gasteiger partial charge in [0, 0.05) is 38.3 Å². The van der Waals surface area contributed by atoms with E-state index in [4.69, 9.17) is 0 Å². The van der Waals surface area contributed by atoms with Gasteiger partial charge in [-0.1, -0.05) is 153 Å². The van der Waals surface area contributed by atoms with Crippen molar-refractivity contribution in [2.24, 2.45) is 0 Å². The Labute approximate surface area is 343 Å². The molecular weight excluding hydrogens is 713 g/mol. The van der Waals surface area contributed by atoms with Crippen molar-refractivity contribution in [3.05, 3.63) is 217 Å². The second-order valence-electron chi connectivity index (χ2n) is 16.6. The molecular formula is C57H40N2. The summed E-state index contributed by atoms with van der Waals surface area (Å²) in [6.07, 6.45) is 0. The number of hydrogen-bond donors (Lipinski definition) is 0. The number of fused-ring (bicyclic) bond motifs is 9. The van der Waals surface area contributed by atoms with Crippen molar-refractivity contribution in [1.82, 2.24) is 9.13 Å². The maximum absolute atomic E-state index is 2.48. The molecule has 1 aliphatic rings. The van der Waals surface area contributed by atoms with Crippen LogP contribution < -0.4 is 0 Å². The van der Waals surface area contributed by atoms with Crippen LogP contribution >= 0.6 is 0 Å². The molecule has 0 amide bonds. The molecule has 0 fully saturated rings. The summed E-state index contributed by atoms with van der Waals surface area (Å²) in [5.74, 6) is 0. The lowest BCUT2D eigenvalue weighted by atomic mass is 9.82. The van der Waals surface area contributed by atoms with Crippen LogP contribution in [0, 0.1) is 0 Å². The molecule has 0 saturated heterocycles. The van der Waals surface area contributed by atoms with E-state index in [0.717, 1.165) is 11.4 Å². The van der Waals surface area contributed by atoms with Gasteiger partial charge in [-0.15, -0.1) is 0 Å². The van der Waals surface area contributed by atoms with Gasteiger partial charge in [0.15, 0.2) is 0 Å². The number of nitrogens with zero attached hydrogens (tertiary/aromatic N) is 2. The van der Waals surface area contributed by atoms with Crippen LogP contribution in [0.1, 0.15) is 25.0 Å². The van der Waals surface area contributed by atoms with E-state index in [-0.39, 0.29) is 5.41 Å². The highest BCUT2D eigenvalue weighted by atomic mass is 15.0. The molecule has 1 aliphatic carbocycles. The first kappa shape index (κ1) is 33.7. The molecule has 11 aromatic rings. The van der Waals surface area contributed by atoms with Crippen LogP contribution in [0.5, 0.6) is 0 Å². The molecule has 0 unspecified atom stereocenters. The normalized spacial score (nSPS) is 13.1. The van der Waals surface area contributed by atoms with Crippen LogP contribution in [-0.2, 0) is 5.41 Å². The Morgan fingerprint density at radius 1 is 0.288 bits per heavy atom. The van der Waals surface area contributed by atoms with Crippen LogP contribution in [0.25, 0.3) is 99.5 Å². The minimum atomic E-state index is -0.0960. The van der Waals surface area contributed by atoms with Gasteiger partial charge in [-0.25, -0.2) is 0 Å². The molecule has 278 valence electrons. The fourth-order valence-corrected chi connectivity index (χ4v) is 9.99. The molecule has 2 heterocycles. The first-order valence-corrected chi connectivity index (χ1v) is 20.6. The van der Waals surface area contributed by atoms with Gasteiger partial charge >= 0.3 is 0 Å². The molecule has 9 aromatic carbocycles. The summed E-state index contributed by atoms with van der Waals surface area (Å²) in [6.45, 7) is 4.74. The smallest absolute Gasteiger partial charge is 0.0544 e. The molecule has 2 heteroatoms. The average molecular weight is 753 g/mol. The Kier molecular flexibility index (Phi) is 7.31. The van der Waals surface area contributed by atoms with Crippen LogP contribution in [0.4, 0.5) is 0 Å². The Hall–Kier alpha value is -7.42. The molecule has 0 N–H and O–H groups in total. The topological polar surface area (TPSA) is 9.86 Å². The van der Waals surface area contributed by atoms with E-state index in [1.54, 1.807) is 0 Å². The Morgan fingerprint density at radius 2 is 0.797 bits per heavy atom. The van der Waals surface area contributed by atoms with Gasteiger partial charge in [0.2, 0.25) is 0 Å². The lowest BCUT2D eigenvalue weighted by Gasteiger charge is -2.21. The van der Waals surface area contributed by atoms with Crippen molar-refractivity contribution >= 4 is 43.6 Å². The van der Waals surface area contributed by atoms with E-state index < -0.39 is 0 Å². The van der Waals surface area contributed by atoms with Crippen molar-refractivity contribution in [3.63, 3.8) is 0 Å². The fraction of sp³-hybridized carbons (Fsp3) is 0.0526. The molecule has 0 bridgehead atoms. The van der Waals surface area contributed by atoms with E-state index in [1.165, 1.54) is 99.2 Å². The summed E-state index contributed by atoms with van der Waals surface area (Å²) in [5, 5.41) is 5.04. The molecule has 12 rings (SSSR count). The largest absolute Gasteiger partial charge is 0.309 e. The minimum absolute atomic E-state index is 0.0960. The second-order valence-corrected chi connectivity index (χ2v) is 16.6. The molecule has 2 nitrogen and oxygen atoms in total. The fourth-order valence-electron chi connectivity index (χ4n) is 9.99. The third kappa shape index (κ3) is 5.13. The molecule has 0 radical (unpaired) electrons. The third-order valence-electron chi connectivity index (χ3n) is 12.9. The van der Waals surface area contributed by atoms with Crippen LogP contribution in [0.2, 0.25) is 0 Å². The lowest BCUT2D eigenvalue weighted by Crippen LogP contribution is -2.14. The quantitative estimate of drug-likeness (QED) is 0.166. The zero-order chi connectivity index (χ0) is 39.2. The number of hydrogen-bond acceptors (Lipinski definition) is 0. The first-order valence-electron chi connectivity index (χ1n) is 20.6. The Morgan fingerprint density at radius 3 is 1.53 bits per heavy atom. The Balaban J connectivity index is 1.05. The maximum Gasteiger partial charge on any atom is 0.0544 e. The lowest BCUT2D eigenvalue weighted by molar-refractivity contribution is 0.661. The van der Waals surface area contributed by atoms with Gasteiger partial charge in [-0.05, 0) is 122 Å². The predicted molar refractivity (Wildman–Crippen MR) is 249 cm³/mol. The second kappa shape index (κ2) is 12.8. The highest BCUT2D eigenvalue weighted by Gasteiger charge is 2.36. The molecule has 0 atom stereocenters. The van der Waals surface area contributed by atoms with Crippen molar-refractivity contribution in [2.75, 3.05) is 0 Å². The zero-order valence-electron chi connectivity index (χ0n) is 33.0. The summed E-state index contributed by atoms with van der Waals surface area (Å²) >= 11 is 0. The molecule has 0 aliphatic heterocycles. The van der Waals surface area contributed by atoms with Crippen molar-refractivity contribution in [3.8, 4) is 55.9 Å². The summed E-state index contributed by atoms with van der Waals surface area (Å²) in [6, 6.07) is 76.1. The molecule has 0 saturated carbocycles. The summed E-state index contributed by atoms with van der Waals surface area (Å²) in [4.78, 5) is 0. The summed E-state index contributed by atoms with van der Waals surface area (Å²) < 4.78 is 4.89. The highest BCUT2D eigenvalue weighted by Crippen LogP contribution is 2.51. The van der Waals surface area contributed by atoms with Gasteiger partial charge in [0.25, 0.3) is 0 Å². The maximum atomic E-state index is 2.48. The van der Waals surface area contributed by atoms with Gasteiger partial charge in [-0.2, -0.15) is 0 Å². The van der Waals surface area contributed by atoms with E-state index >= 15 is 0 Å². The van der Waals surface area contributed by atoms with Crippen LogP contribution in [0.3, 0.4) is 0 Å². The van der Waals surface area contributed by atoms with E-state index in [9.17, 15) is 0 Å². The minimum Gasteiger partial charge on any atom is -0.309 e. The third-order valence-corrected chi connectivity index (χ3v) is 12.9. The van der Waals surface area contributed by atoms with Gasteiger partial charge in [-0.3, -0.25) is 0 Å². The monoisotopic (exact) mass is 752 g/mol. The molecule has 59 heavy (non-hydrogen) atoms. The number of para-hydroxylation sites is 1. The Bertz CT molecular complexity index is 3440. The van der Waals surface area contributed by atoms with Gasteiger partial charge in [0.1, 0.15) is 0 Å². The van der Waals surface area contributed by atoms with E-state index in [1.807, 2.05) is 0 Å². The molecule has 2 aromatic heterocycles. The molecule has 0 spiro atoms. The van der Waals surface area contributed by atoms with Crippen molar-refractivity contribution in [1.29, 1.82) is 0 Å². The van der Waals surface area contributed by atoms with Gasteiger partial charge < -0.3 is 9.13 Å².